The van der Waals surface area contributed by atoms with Gasteiger partial charge in [-0.15, -0.1) is 0 Å². The molecule has 132 valence electrons. The van der Waals surface area contributed by atoms with Crippen molar-refractivity contribution in [1.82, 2.24) is 0 Å². The highest BCUT2D eigenvalue weighted by molar-refractivity contribution is 7.99. The normalized spacial score (nSPS) is 12.9. The molecule has 1 aliphatic heterocycles. The van der Waals surface area contributed by atoms with Gasteiger partial charge in [-0.05, 0) is 53.2 Å². The lowest BCUT2D eigenvalue weighted by molar-refractivity contribution is 0.596. The molecule has 1 heterocycles. The van der Waals surface area contributed by atoms with Crippen LogP contribution >= 0.6 is 11.8 Å². The van der Waals surface area contributed by atoms with Crippen LogP contribution in [0.2, 0.25) is 0 Å². The molecule has 0 amide bonds. The first kappa shape index (κ1) is 16.4. The van der Waals surface area contributed by atoms with Gasteiger partial charge >= 0.3 is 0 Å². The number of benzene rings is 4. The van der Waals surface area contributed by atoms with E-state index in [4.69, 9.17) is 0 Å². The van der Waals surface area contributed by atoms with Gasteiger partial charge in [0.15, 0.2) is 0 Å². The fraction of sp³-hybridized carbons (Fsp3) is 0. The van der Waals surface area contributed by atoms with Crippen molar-refractivity contribution >= 4 is 43.7 Å². The average Bonchev–Trinajstić information content (AvgIpc) is 2.71. The summed E-state index contributed by atoms with van der Waals surface area (Å²) in [5.41, 5.74) is 1.97. The standard InChI is InChI=1S/C22H15NO2S2/c24-27(25,17-10-9-15-5-1-2-6-16(15)13-17)18-11-12-20-22(14-18)26-21-8-4-3-7-19(21)23-20/h1-14,23H. The monoisotopic (exact) mass is 389 g/mol. The van der Waals surface area contributed by atoms with Crippen molar-refractivity contribution in [3.63, 3.8) is 0 Å². The maximum Gasteiger partial charge on any atom is 0.206 e. The zero-order chi connectivity index (χ0) is 18.4. The molecular weight excluding hydrogens is 374 g/mol. The highest BCUT2D eigenvalue weighted by Crippen LogP contribution is 2.45. The van der Waals surface area contributed by atoms with Crippen LogP contribution < -0.4 is 5.32 Å². The Morgan fingerprint density at radius 2 is 1.30 bits per heavy atom. The Labute approximate surface area is 162 Å². The minimum absolute atomic E-state index is 0.310. The number of sulfone groups is 1. The van der Waals surface area contributed by atoms with E-state index in [1.807, 2.05) is 60.7 Å². The van der Waals surface area contributed by atoms with E-state index in [-0.39, 0.29) is 0 Å². The molecule has 4 aromatic carbocycles. The van der Waals surface area contributed by atoms with E-state index >= 15 is 0 Å². The smallest absolute Gasteiger partial charge is 0.206 e. The lowest BCUT2D eigenvalue weighted by Crippen LogP contribution is -2.05. The van der Waals surface area contributed by atoms with Crippen LogP contribution in [0.3, 0.4) is 0 Å². The number of hydrogen-bond donors (Lipinski definition) is 1. The van der Waals surface area contributed by atoms with E-state index in [1.54, 1.807) is 36.0 Å². The molecule has 0 bridgehead atoms. The summed E-state index contributed by atoms with van der Waals surface area (Å²) in [4.78, 5) is 2.63. The fourth-order valence-corrected chi connectivity index (χ4v) is 5.67. The summed E-state index contributed by atoms with van der Waals surface area (Å²) >= 11 is 1.58. The van der Waals surface area contributed by atoms with Crippen molar-refractivity contribution < 1.29 is 8.42 Å². The zero-order valence-electron chi connectivity index (χ0n) is 14.2. The number of fused-ring (bicyclic) bond motifs is 3. The average molecular weight is 390 g/mol. The number of nitrogens with one attached hydrogen (secondary N) is 1. The highest BCUT2D eigenvalue weighted by atomic mass is 32.2. The third-order valence-corrected chi connectivity index (χ3v) is 7.55. The quantitative estimate of drug-likeness (QED) is 0.409. The van der Waals surface area contributed by atoms with Crippen LogP contribution in [0.1, 0.15) is 0 Å². The van der Waals surface area contributed by atoms with Crippen molar-refractivity contribution in [1.29, 1.82) is 0 Å². The zero-order valence-corrected chi connectivity index (χ0v) is 15.8. The molecule has 27 heavy (non-hydrogen) atoms. The molecule has 0 unspecified atom stereocenters. The molecule has 0 radical (unpaired) electrons. The summed E-state index contributed by atoms with van der Waals surface area (Å²) < 4.78 is 26.4. The highest BCUT2D eigenvalue weighted by Gasteiger charge is 2.22. The molecule has 5 heteroatoms. The van der Waals surface area contributed by atoms with Crippen molar-refractivity contribution in [2.24, 2.45) is 0 Å². The van der Waals surface area contributed by atoms with Crippen LogP contribution in [0.4, 0.5) is 11.4 Å². The molecule has 1 aliphatic rings. The van der Waals surface area contributed by atoms with Crippen molar-refractivity contribution in [2.45, 2.75) is 19.6 Å². The van der Waals surface area contributed by atoms with Gasteiger partial charge in [0.1, 0.15) is 0 Å². The van der Waals surface area contributed by atoms with Crippen LogP contribution in [0.25, 0.3) is 10.8 Å². The Morgan fingerprint density at radius 1 is 0.630 bits per heavy atom. The molecule has 0 fully saturated rings. The van der Waals surface area contributed by atoms with Gasteiger partial charge in [-0.2, -0.15) is 0 Å². The molecule has 5 rings (SSSR count). The molecule has 0 atom stereocenters. The number of para-hydroxylation sites is 1. The molecule has 0 aliphatic carbocycles. The molecule has 4 aromatic rings. The van der Waals surface area contributed by atoms with Gasteiger partial charge in [0.2, 0.25) is 9.84 Å². The summed E-state index contributed by atoms with van der Waals surface area (Å²) in [6.07, 6.45) is 0. The third kappa shape index (κ3) is 2.80. The van der Waals surface area contributed by atoms with Crippen LogP contribution in [0, 0.1) is 0 Å². The van der Waals surface area contributed by atoms with Gasteiger partial charge in [-0.3, -0.25) is 0 Å². The van der Waals surface area contributed by atoms with Gasteiger partial charge < -0.3 is 5.32 Å². The van der Waals surface area contributed by atoms with Crippen LogP contribution in [0.15, 0.2) is 105 Å². The second-order valence-electron chi connectivity index (χ2n) is 6.39. The largest absolute Gasteiger partial charge is 0.354 e. The second-order valence-corrected chi connectivity index (χ2v) is 9.43. The SMILES string of the molecule is O=S(=O)(c1ccc2c(c1)Sc1ccccc1N2)c1ccc2ccccc2c1. The maximum atomic E-state index is 13.2. The molecule has 0 saturated carbocycles. The van der Waals surface area contributed by atoms with E-state index in [1.165, 1.54) is 0 Å². The Morgan fingerprint density at radius 3 is 2.19 bits per heavy atom. The van der Waals surface area contributed by atoms with E-state index in [9.17, 15) is 8.42 Å². The van der Waals surface area contributed by atoms with Crippen molar-refractivity contribution in [2.75, 3.05) is 5.32 Å². The first-order valence-corrected chi connectivity index (χ1v) is 10.8. The Bertz CT molecular complexity index is 1300. The molecule has 1 N–H and O–H groups in total. The van der Waals surface area contributed by atoms with Gasteiger partial charge in [0, 0.05) is 9.79 Å². The minimum atomic E-state index is -3.58. The van der Waals surface area contributed by atoms with Gasteiger partial charge in [0.05, 0.1) is 21.2 Å². The Kier molecular flexibility index (Phi) is 3.74. The van der Waals surface area contributed by atoms with Crippen LogP contribution in [-0.4, -0.2) is 8.42 Å². The van der Waals surface area contributed by atoms with E-state index in [0.717, 1.165) is 31.9 Å². The third-order valence-electron chi connectivity index (χ3n) is 4.67. The predicted molar refractivity (Wildman–Crippen MR) is 110 cm³/mol. The number of rotatable bonds is 2. The molecule has 0 spiro atoms. The van der Waals surface area contributed by atoms with E-state index in [2.05, 4.69) is 5.32 Å². The first-order chi connectivity index (χ1) is 13.1. The predicted octanol–water partition coefficient (Wildman–Crippen LogP) is 5.88. The summed E-state index contributed by atoms with van der Waals surface area (Å²) in [7, 11) is -3.58. The Hall–Kier alpha value is -2.76. The van der Waals surface area contributed by atoms with Gasteiger partial charge in [-0.25, -0.2) is 8.42 Å². The Balaban J connectivity index is 1.58. The van der Waals surface area contributed by atoms with Crippen molar-refractivity contribution in [3.8, 4) is 0 Å². The first-order valence-electron chi connectivity index (χ1n) is 8.53. The molecule has 3 nitrogen and oxygen atoms in total. The number of hydrogen-bond acceptors (Lipinski definition) is 4. The molecule has 0 saturated heterocycles. The van der Waals surface area contributed by atoms with Gasteiger partial charge in [0.25, 0.3) is 0 Å². The molecular formula is C22H15NO2S2. The van der Waals surface area contributed by atoms with Crippen molar-refractivity contribution in [3.05, 3.63) is 84.9 Å². The maximum absolute atomic E-state index is 13.2. The summed E-state index contributed by atoms with van der Waals surface area (Å²) in [5, 5.41) is 5.31. The summed E-state index contributed by atoms with van der Waals surface area (Å²) in [6.45, 7) is 0. The lowest BCUT2D eigenvalue weighted by atomic mass is 10.1. The number of anilines is 2. The van der Waals surface area contributed by atoms with Crippen LogP contribution in [-0.2, 0) is 9.84 Å². The second kappa shape index (κ2) is 6.15. The van der Waals surface area contributed by atoms with E-state index in [0.29, 0.717) is 9.79 Å². The summed E-state index contributed by atoms with van der Waals surface area (Å²) in [6, 6.07) is 26.3. The fourth-order valence-electron chi connectivity index (χ4n) is 3.25. The molecule has 0 aromatic heterocycles. The summed E-state index contributed by atoms with van der Waals surface area (Å²) in [5.74, 6) is 0. The van der Waals surface area contributed by atoms with Gasteiger partial charge in [-0.1, -0.05) is 54.2 Å². The topological polar surface area (TPSA) is 46.2 Å². The minimum Gasteiger partial charge on any atom is -0.354 e. The van der Waals surface area contributed by atoms with E-state index < -0.39 is 9.84 Å². The lowest BCUT2D eigenvalue weighted by Gasteiger charge is -2.21. The van der Waals surface area contributed by atoms with Crippen LogP contribution in [0.5, 0.6) is 0 Å².